The quantitative estimate of drug-likeness (QED) is 0.920. The van der Waals surface area contributed by atoms with E-state index >= 15 is 0 Å². The van der Waals surface area contributed by atoms with Gasteiger partial charge in [-0.25, -0.2) is 4.98 Å². The van der Waals surface area contributed by atoms with Gasteiger partial charge in [-0.15, -0.1) is 11.3 Å². The van der Waals surface area contributed by atoms with E-state index in [2.05, 4.69) is 26.2 Å². The monoisotopic (exact) mass is 306 g/mol. The molecule has 1 N–H and O–H groups in total. The molecular formula is C15H22N4OS. The van der Waals surface area contributed by atoms with Gasteiger partial charge in [0.1, 0.15) is 0 Å². The van der Waals surface area contributed by atoms with Gasteiger partial charge in [-0.1, -0.05) is 0 Å². The molecule has 2 aromatic heterocycles. The molecule has 2 aromatic rings. The van der Waals surface area contributed by atoms with E-state index in [9.17, 15) is 0 Å². The van der Waals surface area contributed by atoms with Crippen LogP contribution >= 0.6 is 11.3 Å². The van der Waals surface area contributed by atoms with Crippen LogP contribution in [0, 0.1) is 0 Å². The molecule has 1 aliphatic carbocycles. The van der Waals surface area contributed by atoms with E-state index in [1.54, 1.807) is 11.3 Å². The van der Waals surface area contributed by atoms with E-state index < -0.39 is 0 Å². The Hall–Kier alpha value is -1.11. The minimum atomic E-state index is 0.415. The average Bonchev–Trinajstić information content (AvgIpc) is 3.12. The normalized spacial score (nSPS) is 20.5. The number of piperidine rings is 1. The molecule has 0 atom stereocenters. The van der Waals surface area contributed by atoms with Crippen LogP contribution < -0.4 is 10.2 Å². The molecule has 4 rings (SSSR count). The van der Waals surface area contributed by atoms with E-state index in [1.807, 2.05) is 7.11 Å². The number of aromatic nitrogens is 2. The number of hydrogen-bond donors (Lipinski definition) is 1. The summed E-state index contributed by atoms with van der Waals surface area (Å²) in [6, 6.07) is 0.723. The molecule has 1 saturated carbocycles. The van der Waals surface area contributed by atoms with Crippen molar-refractivity contribution in [1.29, 1.82) is 0 Å². The van der Waals surface area contributed by atoms with Gasteiger partial charge in [-0.05, 0) is 25.7 Å². The zero-order valence-corrected chi connectivity index (χ0v) is 13.2. The largest absolute Gasteiger partial charge is 0.381 e. The summed E-state index contributed by atoms with van der Waals surface area (Å²) in [5.41, 5.74) is 1.31. The smallest absolute Gasteiger partial charge is 0.195 e. The highest BCUT2D eigenvalue weighted by Gasteiger charge is 2.26. The summed E-state index contributed by atoms with van der Waals surface area (Å²) in [7, 11) is 1.82. The molecule has 6 heteroatoms. The maximum Gasteiger partial charge on any atom is 0.195 e. The van der Waals surface area contributed by atoms with Gasteiger partial charge >= 0.3 is 0 Å². The van der Waals surface area contributed by atoms with E-state index in [0.29, 0.717) is 6.10 Å². The Bertz CT molecular complexity index is 610. The van der Waals surface area contributed by atoms with Gasteiger partial charge < -0.3 is 15.0 Å². The van der Waals surface area contributed by atoms with Crippen LogP contribution in [-0.4, -0.2) is 41.7 Å². The average molecular weight is 306 g/mol. The Balaban J connectivity index is 1.57. The number of nitrogens with one attached hydrogen (secondary N) is 1. The number of thiazole rings is 1. The molecule has 1 aliphatic heterocycles. The van der Waals surface area contributed by atoms with Crippen LogP contribution in [-0.2, 0) is 11.3 Å². The Morgan fingerprint density at radius 1 is 1.33 bits per heavy atom. The maximum atomic E-state index is 5.47. The molecule has 21 heavy (non-hydrogen) atoms. The first-order valence-corrected chi connectivity index (χ1v) is 8.68. The van der Waals surface area contributed by atoms with Crippen molar-refractivity contribution in [3.63, 3.8) is 0 Å². The zero-order chi connectivity index (χ0) is 14.2. The van der Waals surface area contributed by atoms with Crippen molar-refractivity contribution in [2.24, 2.45) is 0 Å². The van der Waals surface area contributed by atoms with Gasteiger partial charge in [0, 0.05) is 44.4 Å². The SMILES string of the molecule is COC1CCN(c2nc3sccn3c2CNC2CC2)CC1. The lowest BCUT2D eigenvalue weighted by atomic mass is 10.1. The second kappa shape index (κ2) is 5.59. The molecule has 0 bridgehead atoms. The van der Waals surface area contributed by atoms with Crippen LogP contribution in [0.1, 0.15) is 31.4 Å². The van der Waals surface area contributed by atoms with Crippen molar-refractivity contribution in [2.45, 2.75) is 44.4 Å². The summed E-state index contributed by atoms with van der Waals surface area (Å²) >= 11 is 1.71. The van der Waals surface area contributed by atoms with Crippen LogP contribution in [0.5, 0.6) is 0 Å². The number of imidazole rings is 1. The predicted octanol–water partition coefficient (Wildman–Crippen LogP) is 2.26. The van der Waals surface area contributed by atoms with Crippen molar-refractivity contribution in [3.8, 4) is 0 Å². The second-order valence-corrected chi connectivity index (χ2v) is 6.89. The van der Waals surface area contributed by atoms with E-state index in [1.165, 1.54) is 24.4 Å². The second-order valence-electron chi connectivity index (χ2n) is 6.01. The summed E-state index contributed by atoms with van der Waals surface area (Å²) in [6.45, 7) is 3.00. The fourth-order valence-electron chi connectivity index (χ4n) is 3.07. The Kier molecular flexibility index (Phi) is 3.61. The topological polar surface area (TPSA) is 41.8 Å². The fourth-order valence-corrected chi connectivity index (χ4v) is 3.80. The number of anilines is 1. The molecule has 0 aromatic carbocycles. The number of rotatable bonds is 5. The van der Waals surface area contributed by atoms with Crippen molar-refractivity contribution in [2.75, 3.05) is 25.1 Å². The highest BCUT2D eigenvalue weighted by Crippen LogP contribution is 2.28. The predicted molar refractivity (Wildman–Crippen MR) is 85.2 cm³/mol. The zero-order valence-electron chi connectivity index (χ0n) is 12.4. The van der Waals surface area contributed by atoms with Crippen LogP contribution in [0.2, 0.25) is 0 Å². The number of methoxy groups -OCH3 is 1. The molecular weight excluding hydrogens is 284 g/mol. The Morgan fingerprint density at radius 2 is 2.14 bits per heavy atom. The minimum absolute atomic E-state index is 0.415. The molecule has 0 spiro atoms. The summed E-state index contributed by atoms with van der Waals surface area (Å²) < 4.78 is 7.72. The Labute approximate surface area is 128 Å². The van der Waals surface area contributed by atoms with E-state index in [0.717, 1.165) is 43.5 Å². The molecule has 3 heterocycles. The third-order valence-corrected chi connectivity index (χ3v) is 5.31. The number of fused-ring (bicyclic) bond motifs is 1. The number of hydrogen-bond acceptors (Lipinski definition) is 5. The molecule has 2 aliphatic rings. The summed E-state index contributed by atoms with van der Waals surface area (Å²) in [5.74, 6) is 1.17. The van der Waals surface area contributed by atoms with Gasteiger partial charge in [0.15, 0.2) is 10.8 Å². The number of nitrogens with zero attached hydrogens (tertiary/aromatic N) is 3. The van der Waals surface area contributed by atoms with Gasteiger partial charge in [0.05, 0.1) is 11.8 Å². The molecule has 1 saturated heterocycles. The van der Waals surface area contributed by atoms with Crippen LogP contribution in [0.4, 0.5) is 5.82 Å². The van der Waals surface area contributed by atoms with Gasteiger partial charge in [0.25, 0.3) is 0 Å². The lowest BCUT2D eigenvalue weighted by Crippen LogP contribution is -2.37. The van der Waals surface area contributed by atoms with Crippen molar-refractivity contribution < 1.29 is 4.74 Å². The maximum absolute atomic E-state index is 5.47. The van der Waals surface area contributed by atoms with E-state index in [-0.39, 0.29) is 0 Å². The molecule has 5 nitrogen and oxygen atoms in total. The molecule has 2 fully saturated rings. The van der Waals surface area contributed by atoms with Crippen LogP contribution in [0.25, 0.3) is 4.96 Å². The lowest BCUT2D eigenvalue weighted by molar-refractivity contribution is 0.0818. The molecule has 0 radical (unpaired) electrons. The van der Waals surface area contributed by atoms with Crippen molar-refractivity contribution in [1.82, 2.24) is 14.7 Å². The van der Waals surface area contributed by atoms with Gasteiger partial charge in [-0.2, -0.15) is 0 Å². The first kappa shape index (κ1) is 13.5. The first-order valence-electron chi connectivity index (χ1n) is 7.80. The number of ether oxygens (including phenoxy) is 1. The fraction of sp³-hybridized carbons (Fsp3) is 0.667. The molecule has 114 valence electrons. The third kappa shape index (κ3) is 2.67. The molecule has 0 unspecified atom stereocenters. The van der Waals surface area contributed by atoms with E-state index in [4.69, 9.17) is 9.72 Å². The first-order chi connectivity index (χ1) is 10.3. The summed E-state index contributed by atoms with van der Waals surface area (Å²) in [4.78, 5) is 8.41. The lowest BCUT2D eigenvalue weighted by Gasteiger charge is -2.32. The highest BCUT2D eigenvalue weighted by molar-refractivity contribution is 7.15. The van der Waals surface area contributed by atoms with Crippen molar-refractivity contribution >= 4 is 22.1 Å². The van der Waals surface area contributed by atoms with Gasteiger partial charge in [-0.3, -0.25) is 4.40 Å². The third-order valence-electron chi connectivity index (χ3n) is 4.55. The summed E-state index contributed by atoms with van der Waals surface area (Å²) in [5, 5.41) is 5.75. The van der Waals surface area contributed by atoms with Crippen LogP contribution in [0.3, 0.4) is 0 Å². The standard InChI is InChI=1S/C15H22N4OS/c1-20-12-4-6-18(7-5-12)14-13(10-16-11-2-3-11)19-8-9-21-15(19)17-14/h8-9,11-12,16H,2-7,10H2,1H3. The molecule has 0 amide bonds. The van der Waals surface area contributed by atoms with Gasteiger partial charge in [0.2, 0.25) is 0 Å². The van der Waals surface area contributed by atoms with Crippen LogP contribution in [0.15, 0.2) is 11.6 Å². The minimum Gasteiger partial charge on any atom is -0.381 e. The highest BCUT2D eigenvalue weighted by atomic mass is 32.1. The summed E-state index contributed by atoms with van der Waals surface area (Å²) in [6.07, 6.45) is 7.38. The van der Waals surface area contributed by atoms with Crippen molar-refractivity contribution in [3.05, 3.63) is 17.3 Å². The Morgan fingerprint density at radius 3 is 2.86 bits per heavy atom.